The first-order chi connectivity index (χ1) is 18.7. The highest BCUT2D eigenvalue weighted by Gasteiger charge is 2.32. The quantitative estimate of drug-likeness (QED) is 0.234. The fourth-order valence-corrected chi connectivity index (χ4v) is 6.21. The summed E-state index contributed by atoms with van der Waals surface area (Å²) in [5.41, 5.74) is 2.71. The molecule has 0 bridgehead atoms. The molecule has 1 aliphatic rings. The van der Waals surface area contributed by atoms with Gasteiger partial charge in [-0.1, -0.05) is 60.7 Å². The third-order valence-electron chi connectivity index (χ3n) is 7.15. The molecule has 0 radical (unpaired) electrons. The SMILES string of the molecule is COc1ccc(SN2CCCC2C(=O)NC(CCCc2ccccc2)CCCc2ccccc2)cc1OC. The van der Waals surface area contributed by atoms with Crippen LogP contribution in [0, 0.1) is 0 Å². The number of nitrogens with one attached hydrogen (secondary N) is 1. The Kier molecular flexibility index (Phi) is 11.0. The molecule has 1 saturated heterocycles. The molecule has 1 unspecified atom stereocenters. The van der Waals surface area contributed by atoms with E-state index in [4.69, 9.17) is 9.47 Å². The Labute approximate surface area is 232 Å². The normalized spacial score (nSPS) is 15.5. The third-order valence-corrected chi connectivity index (χ3v) is 8.29. The Hall–Kier alpha value is -2.96. The second-order valence-corrected chi connectivity index (χ2v) is 11.0. The Morgan fingerprint density at radius 1 is 0.895 bits per heavy atom. The molecule has 0 saturated carbocycles. The molecule has 1 amide bonds. The fourth-order valence-electron chi connectivity index (χ4n) is 5.10. The second kappa shape index (κ2) is 14.8. The molecule has 1 N–H and O–H groups in total. The second-order valence-electron chi connectivity index (χ2n) is 9.87. The molecule has 1 heterocycles. The maximum atomic E-state index is 13.5. The number of hydrogen-bond acceptors (Lipinski definition) is 5. The topological polar surface area (TPSA) is 50.8 Å². The number of carbonyl (C=O) groups is 1. The summed E-state index contributed by atoms with van der Waals surface area (Å²) in [6.45, 7) is 0.893. The van der Waals surface area contributed by atoms with Gasteiger partial charge in [0.05, 0.1) is 20.3 Å². The predicted molar refractivity (Wildman–Crippen MR) is 156 cm³/mol. The van der Waals surface area contributed by atoms with Crippen LogP contribution in [0.2, 0.25) is 0 Å². The smallest absolute Gasteiger partial charge is 0.238 e. The van der Waals surface area contributed by atoms with Gasteiger partial charge in [-0.05, 0) is 92.6 Å². The predicted octanol–water partition coefficient (Wildman–Crippen LogP) is 6.71. The van der Waals surface area contributed by atoms with Gasteiger partial charge in [0.1, 0.15) is 0 Å². The minimum atomic E-state index is -0.126. The summed E-state index contributed by atoms with van der Waals surface area (Å²) in [6.07, 6.45) is 8.09. The maximum absolute atomic E-state index is 13.5. The summed E-state index contributed by atoms with van der Waals surface area (Å²) in [4.78, 5) is 14.6. The largest absolute Gasteiger partial charge is 0.493 e. The maximum Gasteiger partial charge on any atom is 0.238 e. The lowest BCUT2D eigenvalue weighted by atomic mass is 9.98. The molecule has 202 valence electrons. The van der Waals surface area contributed by atoms with E-state index >= 15 is 0 Å². The van der Waals surface area contributed by atoms with E-state index in [1.165, 1.54) is 11.1 Å². The molecular weight excluding hydrogens is 492 g/mol. The summed E-state index contributed by atoms with van der Waals surface area (Å²) in [7, 11) is 3.29. The molecule has 1 fully saturated rings. The molecule has 5 nitrogen and oxygen atoms in total. The summed E-state index contributed by atoms with van der Waals surface area (Å²) in [5, 5.41) is 3.45. The van der Waals surface area contributed by atoms with Crippen molar-refractivity contribution in [3.05, 3.63) is 90.0 Å². The van der Waals surface area contributed by atoms with Crippen LogP contribution >= 0.6 is 11.9 Å². The van der Waals surface area contributed by atoms with Gasteiger partial charge in [-0.25, -0.2) is 4.31 Å². The van der Waals surface area contributed by atoms with Crippen LogP contribution < -0.4 is 14.8 Å². The number of ether oxygens (including phenoxy) is 2. The molecule has 3 aromatic rings. The Bertz CT molecular complexity index is 1080. The van der Waals surface area contributed by atoms with E-state index in [2.05, 4.69) is 70.3 Å². The number of nitrogens with zero attached hydrogens (tertiary/aromatic N) is 1. The number of rotatable bonds is 14. The van der Waals surface area contributed by atoms with Crippen molar-refractivity contribution < 1.29 is 14.3 Å². The summed E-state index contributed by atoms with van der Waals surface area (Å²) >= 11 is 1.63. The monoisotopic (exact) mass is 532 g/mol. The Balaban J connectivity index is 1.35. The minimum absolute atomic E-state index is 0.126. The van der Waals surface area contributed by atoms with Crippen LogP contribution in [0.4, 0.5) is 0 Å². The molecule has 38 heavy (non-hydrogen) atoms. The van der Waals surface area contributed by atoms with Gasteiger partial charge in [-0.2, -0.15) is 0 Å². The van der Waals surface area contributed by atoms with Crippen LogP contribution in [-0.4, -0.2) is 43.1 Å². The van der Waals surface area contributed by atoms with Gasteiger partial charge in [0.15, 0.2) is 11.5 Å². The fraction of sp³-hybridized carbons (Fsp3) is 0.406. The molecule has 0 spiro atoms. The van der Waals surface area contributed by atoms with Crippen molar-refractivity contribution in [2.45, 2.75) is 68.3 Å². The molecule has 0 aromatic heterocycles. The van der Waals surface area contributed by atoms with Crippen LogP contribution in [0.25, 0.3) is 0 Å². The van der Waals surface area contributed by atoms with Gasteiger partial charge in [0.2, 0.25) is 5.91 Å². The molecular formula is C32H40N2O3S. The van der Waals surface area contributed by atoms with Gasteiger partial charge in [-0.3, -0.25) is 4.79 Å². The Morgan fingerprint density at radius 2 is 1.50 bits per heavy atom. The molecule has 1 aliphatic heterocycles. The van der Waals surface area contributed by atoms with Crippen molar-refractivity contribution in [1.82, 2.24) is 9.62 Å². The molecule has 4 rings (SSSR count). The van der Waals surface area contributed by atoms with E-state index in [1.807, 2.05) is 18.2 Å². The number of benzene rings is 3. The van der Waals surface area contributed by atoms with Gasteiger partial charge >= 0.3 is 0 Å². The average Bonchev–Trinajstić information content (AvgIpc) is 3.42. The zero-order valence-corrected chi connectivity index (χ0v) is 23.4. The highest BCUT2D eigenvalue weighted by Crippen LogP contribution is 2.36. The molecule has 1 atom stereocenters. The van der Waals surface area contributed by atoms with Crippen molar-refractivity contribution in [1.29, 1.82) is 0 Å². The number of aryl methyl sites for hydroxylation is 2. The van der Waals surface area contributed by atoms with Crippen molar-refractivity contribution in [3.63, 3.8) is 0 Å². The highest BCUT2D eigenvalue weighted by molar-refractivity contribution is 7.97. The van der Waals surface area contributed by atoms with E-state index in [9.17, 15) is 4.79 Å². The first-order valence-corrected chi connectivity index (χ1v) is 14.5. The number of methoxy groups -OCH3 is 2. The van der Waals surface area contributed by atoms with Gasteiger partial charge in [0.25, 0.3) is 0 Å². The zero-order chi connectivity index (χ0) is 26.6. The summed E-state index contributed by atoms with van der Waals surface area (Å²) in [6, 6.07) is 27.2. The van der Waals surface area contributed by atoms with Gasteiger partial charge < -0.3 is 14.8 Å². The van der Waals surface area contributed by atoms with Crippen LogP contribution in [0.15, 0.2) is 83.8 Å². The lowest BCUT2D eigenvalue weighted by Gasteiger charge is -2.26. The lowest BCUT2D eigenvalue weighted by Crippen LogP contribution is -2.45. The van der Waals surface area contributed by atoms with E-state index in [0.29, 0.717) is 11.5 Å². The highest BCUT2D eigenvalue weighted by atomic mass is 32.2. The van der Waals surface area contributed by atoms with Crippen LogP contribution in [0.1, 0.15) is 49.7 Å². The van der Waals surface area contributed by atoms with E-state index < -0.39 is 0 Å². The standard InChI is InChI=1S/C32H40N2O3S/c1-36-30-22-21-28(24-31(30)37-2)38-34-23-11-20-29(34)32(35)33-27(18-9-16-25-12-5-3-6-13-25)19-10-17-26-14-7-4-8-15-26/h3-8,12-15,21-22,24,27,29H,9-11,16-20,23H2,1-2H3,(H,33,35). The molecule has 6 heteroatoms. The van der Waals surface area contributed by atoms with Gasteiger partial charge in [0, 0.05) is 17.5 Å². The summed E-state index contributed by atoms with van der Waals surface area (Å²) in [5.74, 6) is 1.57. The van der Waals surface area contributed by atoms with Crippen molar-refractivity contribution in [2.75, 3.05) is 20.8 Å². The first kappa shape index (κ1) is 28.1. The first-order valence-electron chi connectivity index (χ1n) is 13.7. The summed E-state index contributed by atoms with van der Waals surface area (Å²) < 4.78 is 13.1. The minimum Gasteiger partial charge on any atom is -0.493 e. The number of amides is 1. The molecule has 3 aromatic carbocycles. The van der Waals surface area contributed by atoms with Crippen molar-refractivity contribution in [2.24, 2.45) is 0 Å². The number of carbonyl (C=O) groups excluding carboxylic acids is 1. The third kappa shape index (κ3) is 8.27. The van der Waals surface area contributed by atoms with E-state index in [0.717, 1.165) is 62.8 Å². The van der Waals surface area contributed by atoms with Gasteiger partial charge in [-0.15, -0.1) is 0 Å². The zero-order valence-electron chi connectivity index (χ0n) is 22.6. The van der Waals surface area contributed by atoms with E-state index in [-0.39, 0.29) is 18.0 Å². The lowest BCUT2D eigenvalue weighted by molar-refractivity contribution is -0.124. The number of hydrogen-bond donors (Lipinski definition) is 1. The molecule has 0 aliphatic carbocycles. The van der Waals surface area contributed by atoms with Crippen LogP contribution in [0.5, 0.6) is 11.5 Å². The van der Waals surface area contributed by atoms with Crippen LogP contribution in [-0.2, 0) is 17.6 Å². The van der Waals surface area contributed by atoms with Crippen molar-refractivity contribution >= 4 is 17.9 Å². The average molecular weight is 533 g/mol. The Morgan fingerprint density at radius 3 is 2.08 bits per heavy atom. The van der Waals surface area contributed by atoms with Crippen LogP contribution in [0.3, 0.4) is 0 Å². The van der Waals surface area contributed by atoms with Crippen molar-refractivity contribution in [3.8, 4) is 11.5 Å². The van der Waals surface area contributed by atoms with E-state index in [1.54, 1.807) is 26.2 Å².